The molecule has 33 heavy (non-hydrogen) atoms. The number of pyridine rings is 1. The maximum atomic E-state index is 15.0. The molecule has 0 radical (unpaired) electrons. The number of thiocarbonyl (C=S) groups is 1. The van der Waals surface area contributed by atoms with Crippen LogP contribution < -0.4 is 15.3 Å². The van der Waals surface area contributed by atoms with E-state index in [0.717, 1.165) is 18.8 Å². The van der Waals surface area contributed by atoms with Crippen molar-refractivity contribution in [3.05, 3.63) is 53.2 Å². The molecule has 3 fully saturated rings. The molecular weight excluding hydrogens is 445 g/mol. The van der Waals surface area contributed by atoms with Gasteiger partial charge in [-0.3, -0.25) is 4.98 Å². The van der Waals surface area contributed by atoms with Crippen LogP contribution in [0.5, 0.6) is 0 Å². The Morgan fingerprint density at radius 1 is 1.42 bits per heavy atom. The van der Waals surface area contributed by atoms with Crippen molar-refractivity contribution < 1.29 is 13.9 Å². The Bertz CT molecular complexity index is 1110. The van der Waals surface area contributed by atoms with Gasteiger partial charge >= 0.3 is 0 Å². The van der Waals surface area contributed by atoms with Crippen LogP contribution in [0.25, 0.3) is 11.1 Å². The van der Waals surface area contributed by atoms with Gasteiger partial charge in [0.1, 0.15) is 29.6 Å². The highest BCUT2D eigenvalue weighted by molar-refractivity contribution is 7.80. The first-order valence-electron chi connectivity index (χ1n) is 10.8. The van der Waals surface area contributed by atoms with E-state index in [9.17, 15) is 10.5 Å². The number of nitriles is 1. The van der Waals surface area contributed by atoms with E-state index in [0.29, 0.717) is 35.2 Å². The lowest BCUT2D eigenvalue weighted by molar-refractivity contribution is 0.101. The molecule has 1 aromatic carbocycles. The van der Waals surface area contributed by atoms with Crippen LogP contribution in [0, 0.1) is 34.2 Å². The average molecular weight is 470 g/mol. The van der Waals surface area contributed by atoms with Gasteiger partial charge in [-0.2, -0.15) is 5.26 Å². The highest BCUT2D eigenvalue weighted by atomic mass is 32.1. The Labute approximate surface area is 196 Å². The van der Waals surface area contributed by atoms with Crippen molar-refractivity contribution in [2.75, 3.05) is 40.0 Å². The van der Waals surface area contributed by atoms with E-state index < -0.39 is 15.9 Å². The van der Waals surface area contributed by atoms with Gasteiger partial charge in [-0.05, 0) is 24.4 Å². The molecule has 1 saturated carbocycles. The van der Waals surface area contributed by atoms with Crippen LogP contribution in [0.4, 0.5) is 10.1 Å². The summed E-state index contributed by atoms with van der Waals surface area (Å²) in [7, 11) is 1.46. The molecule has 5 rings (SSSR count). The summed E-state index contributed by atoms with van der Waals surface area (Å²) in [5, 5.41) is 29.4. The van der Waals surface area contributed by atoms with E-state index >= 15 is 4.39 Å². The maximum absolute atomic E-state index is 15.0. The van der Waals surface area contributed by atoms with Crippen molar-refractivity contribution in [1.29, 1.82) is 5.26 Å². The number of hydroxylamine groups is 2. The smallest absolute Gasteiger partial charge is 0.256 e. The van der Waals surface area contributed by atoms with Crippen molar-refractivity contribution in [2.45, 2.75) is 11.5 Å². The number of aromatic nitrogens is 1. The zero-order chi connectivity index (χ0) is 23.2. The fourth-order valence-corrected chi connectivity index (χ4v) is 5.25. The lowest BCUT2D eigenvalue weighted by atomic mass is 9.96. The van der Waals surface area contributed by atoms with Crippen LogP contribution in [0.1, 0.15) is 5.69 Å². The quantitative estimate of drug-likeness (QED) is 0.390. The topological polar surface area (TPSA) is 102 Å². The lowest BCUT2D eigenvalue weighted by Gasteiger charge is -2.36. The number of piperidine rings is 1. The summed E-state index contributed by atoms with van der Waals surface area (Å²) < 4.78 is 24.7. The van der Waals surface area contributed by atoms with Crippen LogP contribution >= 0.6 is 12.2 Å². The molecule has 8 nitrogen and oxygen atoms in total. The second-order valence-corrected chi connectivity index (χ2v) is 9.18. The van der Waals surface area contributed by atoms with Crippen LogP contribution in [-0.2, 0) is 14.9 Å². The number of quaternary nitrogens is 1. The standard InChI is InChI=1S/C23H24FN5O3S/c1-31-22(33)28-8-16-11-29(30,13-32-16)15-3-4-17(20(24)6-15)14-2-5-21(27-7-14)23(12-25)18-9-26-10-19(18)23/h2-7,16,18-19,26H,8-11,13H2,1H3,(H,28,33)/t16-,18-,19+,23?,29?/m0/s1. The highest BCUT2D eigenvalue weighted by Crippen LogP contribution is 2.60. The zero-order valence-electron chi connectivity index (χ0n) is 18.1. The molecule has 5 atom stereocenters. The van der Waals surface area contributed by atoms with Crippen LogP contribution in [0.15, 0.2) is 36.5 Å². The van der Waals surface area contributed by atoms with Crippen LogP contribution in [0.2, 0.25) is 0 Å². The first kappa shape index (κ1) is 22.1. The minimum atomic E-state index is -0.776. The minimum Gasteiger partial charge on any atom is -0.626 e. The van der Waals surface area contributed by atoms with Crippen molar-refractivity contribution in [2.24, 2.45) is 11.8 Å². The van der Waals surface area contributed by atoms with E-state index in [2.05, 4.69) is 21.7 Å². The number of rotatable bonds is 5. The Morgan fingerprint density at radius 3 is 2.85 bits per heavy atom. The molecule has 0 amide bonds. The van der Waals surface area contributed by atoms with Gasteiger partial charge in [-0.15, -0.1) is 0 Å². The molecule has 3 heterocycles. The second-order valence-electron chi connectivity index (χ2n) is 8.81. The Kier molecular flexibility index (Phi) is 5.55. The summed E-state index contributed by atoms with van der Waals surface area (Å²) in [4.78, 5) is 4.52. The van der Waals surface area contributed by atoms with Gasteiger partial charge in [0.2, 0.25) is 0 Å². The highest BCUT2D eigenvalue weighted by Gasteiger charge is 2.69. The largest absolute Gasteiger partial charge is 0.626 e. The number of methoxy groups -OCH3 is 1. The second kappa shape index (κ2) is 8.27. The van der Waals surface area contributed by atoms with Gasteiger partial charge in [0, 0.05) is 54.4 Å². The van der Waals surface area contributed by atoms with Gasteiger partial charge in [0.15, 0.2) is 6.73 Å². The van der Waals surface area contributed by atoms with Gasteiger partial charge in [-0.25, -0.2) is 4.39 Å². The summed E-state index contributed by atoms with van der Waals surface area (Å²) in [6.07, 6.45) is 1.24. The van der Waals surface area contributed by atoms with E-state index in [1.165, 1.54) is 13.2 Å². The van der Waals surface area contributed by atoms with Crippen molar-refractivity contribution >= 4 is 23.1 Å². The number of benzene rings is 1. The maximum Gasteiger partial charge on any atom is 0.256 e. The van der Waals surface area contributed by atoms with Crippen LogP contribution in [-0.4, -0.2) is 56.3 Å². The lowest BCUT2D eigenvalue weighted by Crippen LogP contribution is -2.43. The monoisotopic (exact) mass is 469 g/mol. The molecule has 2 N–H and O–H groups in total. The Hall–Kier alpha value is -2.68. The number of hydrogen-bond acceptors (Lipinski definition) is 7. The number of fused-ring (bicyclic) bond motifs is 1. The van der Waals surface area contributed by atoms with E-state index in [1.807, 2.05) is 6.07 Å². The summed E-state index contributed by atoms with van der Waals surface area (Å²) in [5.74, 6) is 0.0845. The number of nitrogens with one attached hydrogen (secondary N) is 2. The SMILES string of the molecule is COC(=S)NC[C@H]1C[N+]([O-])(c2ccc(-c3ccc(C4(C#N)[C@@H]5CNC[C@@H]54)nc3)c(F)c2)CO1. The fourth-order valence-electron chi connectivity index (χ4n) is 5.16. The molecule has 2 saturated heterocycles. The summed E-state index contributed by atoms with van der Waals surface area (Å²) >= 11 is 4.93. The van der Waals surface area contributed by atoms with Crippen molar-refractivity contribution in [1.82, 2.24) is 20.3 Å². The van der Waals surface area contributed by atoms with Gasteiger partial charge < -0.3 is 30.0 Å². The summed E-state index contributed by atoms with van der Waals surface area (Å²) in [6, 6.07) is 10.6. The number of nitrogens with zero attached hydrogens (tertiary/aromatic N) is 3. The third-order valence-electron chi connectivity index (χ3n) is 7.06. The molecule has 1 aliphatic carbocycles. The first-order valence-corrected chi connectivity index (χ1v) is 11.2. The first-order chi connectivity index (χ1) is 15.9. The molecule has 0 bridgehead atoms. The van der Waals surface area contributed by atoms with E-state index in [4.69, 9.17) is 21.7 Å². The van der Waals surface area contributed by atoms with Gasteiger partial charge in [-0.1, -0.05) is 6.07 Å². The van der Waals surface area contributed by atoms with Crippen molar-refractivity contribution in [3.8, 4) is 17.2 Å². The summed E-state index contributed by atoms with van der Waals surface area (Å²) in [5.41, 5.74) is 1.47. The number of halogens is 1. The molecule has 3 aliphatic rings. The van der Waals surface area contributed by atoms with Crippen molar-refractivity contribution in [3.63, 3.8) is 0 Å². The normalized spacial score (nSPS) is 32.1. The molecule has 172 valence electrons. The average Bonchev–Trinajstić information content (AvgIpc) is 3.15. The molecule has 2 unspecified atom stereocenters. The third kappa shape index (κ3) is 3.66. The molecule has 0 spiro atoms. The zero-order valence-corrected chi connectivity index (χ0v) is 18.9. The Balaban J connectivity index is 1.31. The third-order valence-corrected chi connectivity index (χ3v) is 7.37. The Morgan fingerprint density at radius 2 is 2.21 bits per heavy atom. The van der Waals surface area contributed by atoms with Gasteiger partial charge in [0.25, 0.3) is 5.17 Å². The number of hydrogen-bond donors (Lipinski definition) is 2. The van der Waals surface area contributed by atoms with Gasteiger partial charge in [0.05, 0.1) is 25.4 Å². The predicted molar refractivity (Wildman–Crippen MR) is 124 cm³/mol. The molecule has 2 aliphatic heterocycles. The van der Waals surface area contributed by atoms with E-state index in [1.54, 1.807) is 24.4 Å². The molecule has 10 heteroatoms. The molecule has 2 aromatic rings. The minimum absolute atomic E-state index is 0.103. The predicted octanol–water partition coefficient (Wildman–Crippen LogP) is 2.18. The van der Waals surface area contributed by atoms with E-state index in [-0.39, 0.29) is 24.6 Å². The molecule has 1 aromatic heterocycles. The number of ether oxygens (including phenoxy) is 2. The van der Waals surface area contributed by atoms with Crippen LogP contribution in [0.3, 0.4) is 0 Å². The molecular formula is C23H24FN5O3S. The fraction of sp³-hybridized carbons (Fsp3) is 0.435. The summed E-state index contributed by atoms with van der Waals surface area (Å²) in [6.45, 7) is 2.03.